The van der Waals surface area contributed by atoms with Crippen LogP contribution in [-0.2, 0) is 9.53 Å². The zero-order valence-corrected chi connectivity index (χ0v) is 17.0. The van der Waals surface area contributed by atoms with Crippen molar-refractivity contribution < 1.29 is 19.2 Å². The minimum atomic E-state index is -0.785. The normalized spacial score (nSPS) is 10.5. The maximum atomic E-state index is 12.2. The number of hydrogen-bond donors (Lipinski definition) is 1. The number of nitro groups is 1. The molecule has 154 valence electrons. The smallest absolute Gasteiger partial charge is 0.339 e. The molecule has 1 amide bonds. The van der Waals surface area contributed by atoms with E-state index in [1.54, 1.807) is 12.1 Å². The van der Waals surface area contributed by atoms with Crippen LogP contribution in [0.2, 0.25) is 0 Å². The maximum absolute atomic E-state index is 12.2. The fourth-order valence-corrected chi connectivity index (χ4v) is 3.03. The summed E-state index contributed by atoms with van der Waals surface area (Å²) >= 11 is 0. The predicted molar refractivity (Wildman–Crippen MR) is 111 cm³/mol. The number of carbonyl (C=O) groups is 2. The molecule has 0 radical (unpaired) electrons. The van der Waals surface area contributed by atoms with E-state index >= 15 is 0 Å². The molecule has 0 saturated heterocycles. The number of carbonyl (C=O) groups excluding carboxylic acids is 2. The summed E-state index contributed by atoms with van der Waals surface area (Å²) in [6, 6.07) is 11.9. The molecular formula is C21H25N3O5. The van der Waals surface area contributed by atoms with Crippen molar-refractivity contribution in [2.45, 2.75) is 33.7 Å². The summed E-state index contributed by atoms with van der Waals surface area (Å²) in [5.74, 6) is -1.28. The molecule has 0 aliphatic rings. The minimum Gasteiger partial charge on any atom is -0.452 e. The summed E-state index contributed by atoms with van der Waals surface area (Å²) in [6.07, 6.45) is 0. The van der Waals surface area contributed by atoms with Crippen molar-refractivity contribution >= 4 is 28.9 Å². The van der Waals surface area contributed by atoms with Crippen LogP contribution < -0.4 is 10.2 Å². The van der Waals surface area contributed by atoms with Gasteiger partial charge in [-0.3, -0.25) is 14.9 Å². The second kappa shape index (κ2) is 9.68. The molecule has 0 atom stereocenters. The lowest BCUT2D eigenvalue weighted by molar-refractivity contribution is -0.385. The molecule has 0 aromatic heterocycles. The van der Waals surface area contributed by atoms with Gasteiger partial charge in [0.15, 0.2) is 6.61 Å². The Morgan fingerprint density at radius 2 is 1.83 bits per heavy atom. The predicted octanol–water partition coefficient (Wildman–Crippen LogP) is 3.93. The van der Waals surface area contributed by atoms with Gasteiger partial charge < -0.3 is 15.0 Å². The summed E-state index contributed by atoms with van der Waals surface area (Å²) in [5.41, 5.74) is 1.72. The second-order valence-corrected chi connectivity index (χ2v) is 6.76. The zero-order valence-electron chi connectivity index (χ0n) is 17.0. The molecule has 29 heavy (non-hydrogen) atoms. The SMILES string of the molecule is CCN(c1ccc(NC(=O)COC(=O)c2cccc([N+](=O)[O-])c2C)cc1)C(C)C. The Bertz CT molecular complexity index is 894. The van der Waals surface area contributed by atoms with Gasteiger partial charge in [-0.1, -0.05) is 6.07 Å². The van der Waals surface area contributed by atoms with Crippen LogP contribution in [0.4, 0.5) is 17.1 Å². The Hall–Kier alpha value is -3.42. The Labute approximate surface area is 169 Å². The molecule has 2 aromatic rings. The van der Waals surface area contributed by atoms with Crippen LogP contribution in [0.5, 0.6) is 0 Å². The van der Waals surface area contributed by atoms with Gasteiger partial charge in [0.25, 0.3) is 11.6 Å². The van der Waals surface area contributed by atoms with Gasteiger partial charge in [-0.2, -0.15) is 0 Å². The van der Waals surface area contributed by atoms with Crippen molar-refractivity contribution in [1.82, 2.24) is 0 Å². The van der Waals surface area contributed by atoms with Gasteiger partial charge in [-0.15, -0.1) is 0 Å². The molecule has 0 aliphatic heterocycles. The van der Waals surface area contributed by atoms with Crippen LogP contribution in [-0.4, -0.2) is 36.0 Å². The molecule has 2 aromatic carbocycles. The maximum Gasteiger partial charge on any atom is 0.339 e. The van der Waals surface area contributed by atoms with E-state index in [1.165, 1.54) is 25.1 Å². The first-order chi connectivity index (χ1) is 13.7. The van der Waals surface area contributed by atoms with Crippen LogP contribution in [0.25, 0.3) is 0 Å². The summed E-state index contributed by atoms with van der Waals surface area (Å²) in [4.78, 5) is 36.9. The van der Waals surface area contributed by atoms with Crippen LogP contribution >= 0.6 is 0 Å². The molecule has 8 heteroatoms. The van der Waals surface area contributed by atoms with Crippen molar-refractivity contribution in [2.75, 3.05) is 23.4 Å². The fraction of sp³-hybridized carbons (Fsp3) is 0.333. The van der Waals surface area contributed by atoms with Gasteiger partial charge in [-0.05, 0) is 58.0 Å². The van der Waals surface area contributed by atoms with E-state index in [9.17, 15) is 19.7 Å². The summed E-state index contributed by atoms with van der Waals surface area (Å²) < 4.78 is 5.01. The van der Waals surface area contributed by atoms with E-state index in [4.69, 9.17) is 4.74 Å². The lowest BCUT2D eigenvalue weighted by Gasteiger charge is -2.27. The number of esters is 1. The van der Waals surface area contributed by atoms with Gasteiger partial charge >= 0.3 is 5.97 Å². The van der Waals surface area contributed by atoms with Crippen molar-refractivity contribution in [3.05, 3.63) is 63.7 Å². The highest BCUT2D eigenvalue weighted by Gasteiger charge is 2.19. The molecule has 0 saturated carbocycles. The van der Waals surface area contributed by atoms with E-state index in [0.717, 1.165) is 12.2 Å². The molecule has 8 nitrogen and oxygen atoms in total. The summed E-state index contributed by atoms with van der Waals surface area (Å²) in [6.45, 7) is 8.14. The molecule has 0 unspecified atom stereocenters. The fourth-order valence-electron chi connectivity index (χ4n) is 3.03. The average Bonchev–Trinajstić information content (AvgIpc) is 2.67. The molecule has 0 aliphatic carbocycles. The largest absolute Gasteiger partial charge is 0.452 e. The molecule has 1 N–H and O–H groups in total. The first-order valence-electron chi connectivity index (χ1n) is 9.32. The third kappa shape index (κ3) is 5.54. The summed E-state index contributed by atoms with van der Waals surface area (Å²) in [5, 5.41) is 13.6. The van der Waals surface area contributed by atoms with Crippen LogP contribution in [0, 0.1) is 17.0 Å². The number of benzene rings is 2. The first kappa shape index (κ1) is 21.9. The number of nitro benzene ring substituents is 1. The minimum absolute atomic E-state index is 0.0599. The molecule has 0 bridgehead atoms. The molecule has 0 spiro atoms. The van der Waals surface area contributed by atoms with Gasteiger partial charge in [0.05, 0.1) is 10.5 Å². The van der Waals surface area contributed by atoms with Gasteiger partial charge in [0.2, 0.25) is 0 Å². The highest BCUT2D eigenvalue weighted by molar-refractivity contribution is 5.96. The third-order valence-electron chi connectivity index (χ3n) is 4.50. The van der Waals surface area contributed by atoms with Gasteiger partial charge in [0.1, 0.15) is 0 Å². The molecule has 2 rings (SSSR count). The standard InChI is InChI=1S/C21H25N3O5/c1-5-23(14(2)3)17-11-9-16(10-12-17)22-20(25)13-29-21(26)18-7-6-8-19(15(18)4)24(27)28/h6-12,14H,5,13H2,1-4H3,(H,22,25). The average molecular weight is 399 g/mol. The number of nitrogens with one attached hydrogen (secondary N) is 1. The number of anilines is 2. The Kier molecular flexibility index (Phi) is 7.30. The lowest BCUT2D eigenvalue weighted by atomic mass is 10.1. The van der Waals surface area contributed by atoms with Crippen LogP contribution in [0.3, 0.4) is 0 Å². The second-order valence-electron chi connectivity index (χ2n) is 6.76. The van der Waals surface area contributed by atoms with E-state index in [1.807, 2.05) is 12.1 Å². The van der Waals surface area contributed by atoms with Crippen LogP contribution in [0.15, 0.2) is 42.5 Å². The molecular weight excluding hydrogens is 374 g/mol. The Morgan fingerprint density at radius 3 is 2.38 bits per heavy atom. The Balaban J connectivity index is 1.96. The number of amides is 1. The highest BCUT2D eigenvalue weighted by atomic mass is 16.6. The third-order valence-corrected chi connectivity index (χ3v) is 4.50. The van der Waals surface area contributed by atoms with Gasteiger partial charge in [0, 0.05) is 35.6 Å². The number of hydrogen-bond acceptors (Lipinski definition) is 6. The van der Waals surface area contributed by atoms with Gasteiger partial charge in [-0.25, -0.2) is 4.79 Å². The van der Waals surface area contributed by atoms with Crippen molar-refractivity contribution in [2.24, 2.45) is 0 Å². The highest BCUT2D eigenvalue weighted by Crippen LogP contribution is 2.22. The zero-order chi connectivity index (χ0) is 21.6. The quantitative estimate of drug-likeness (QED) is 0.410. The van der Waals surface area contributed by atoms with Crippen molar-refractivity contribution in [3.8, 4) is 0 Å². The Morgan fingerprint density at radius 1 is 1.17 bits per heavy atom. The first-order valence-corrected chi connectivity index (χ1v) is 9.32. The van der Waals surface area contributed by atoms with Crippen molar-refractivity contribution in [3.63, 3.8) is 0 Å². The van der Waals surface area contributed by atoms with E-state index < -0.39 is 23.4 Å². The van der Waals surface area contributed by atoms with E-state index in [0.29, 0.717) is 11.7 Å². The topological polar surface area (TPSA) is 102 Å². The van der Waals surface area contributed by atoms with E-state index in [2.05, 4.69) is 31.0 Å². The van der Waals surface area contributed by atoms with Crippen LogP contribution in [0.1, 0.15) is 36.7 Å². The number of ether oxygens (including phenoxy) is 1. The lowest BCUT2D eigenvalue weighted by Crippen LogP contribution is -2.30. The van der Waals surface area contributed by atoms with Crippen molar-refractivity contribution in [1.29, 1.82) is 0 Å². The molecule has 0 heterocycles. The summed E-state index contributed by atoms with van der Waals surface area (Å²) in [7, 11) is 0. The number of rotatable bonds is 8. The number of nitrogens with zero attached hydrogens (tertiary/aromatic N) is 2. The van der Waals surface area contributed by atoms with E-state index in [-0.39, 0.29) is 16.8 Å². The monoisotopic (exact) mass is 399 g/mol. The molecule has 0 fully saturated rings.